The van der Waals surface area contributed by atoms with Crippen LogP contribution in [0.5, 0.6) is 0 Å². The third-order valence-corrected chi connectivity index (χ3v) is 4.09. The second-order valence-corrected chi connectivity index (χ2v) is 5.77. The molecule has 1 N–H and O–H groups in total. The number of β-amino-alcohol motifs (C(OH)–C–C–N with tert-alkyl or cyclic N) is 1. The Labute approximate surface area is 117 Å². The van der Waals surface area contributed by atoms with Crippen LogP contribution >= 0.6 is 22.6 Å². The van der Waals surface area contributed by atoms with E-state index in [1.165, 1.54) is 0 Å². The van der Waals surface area contributed by atoms with Gasteiger partial charge in [0, 0.05) is 51.4 Å². The number of aliphatic hydroxyl groups excluding tert-OH is 1. The minimum atomic E-state index is 0.276. The number of allylic oxidation sites excluding steroid dienone is 1. The average molecular weight is 349 g/mol. The molecule has 0 saturated carbocycles. The van der Waals surface area contributed by atoms with Gasteiger partial charge in [-0.05, 0) is 29.0 Å². The van der Waals surface area contributed by atoms with Crippen molar-refractivity contribution in [2.45, 2.75) is 6.42 Å². The lowest BCUT2D eigenvalue weighted by molar-refractivity contribution is 0.108. The molecule has 1 atom stereocenters. The molecule has 0 aromatic heterocycles. The monoisotopic (exact) mass is 349 g/mol. The van der Waals surface area contributed by atoms with Crippen LogP contribution in [0.1, 0.15) is 6.42 Å². The highest BCUT2D eigenvalue weighted by molar-refractivity contribution is 14.1. The zero-order valence-corrected chi connectivity index (χ0v) is 12.2. The number of aliphatic hydroxyl groups is 1. The first-order valence-corrected chi connectivity index (χ1v) is 7.31. The number of halogens is 1. The Bertz CT molecular complexity index is 298. The quantitative estimate of drug-likeness (QED) is 0.607. The first-order chi connectivity index (χ1) is 8.28. The van der Waals surface area contributed by atoms with E-state index in [0.717, 1.165) is 49.4 Å². The van der Waals surface area contributed by atoms with Crippen LogP contribution < -0.4 is 0 Å². The molecule has 17 heavy (non-hydrogen) atoms. The van der Waals surface area contributed by atoms with E-state index in [2.05, 4.69) is 49.7 Å². The second-order valence-electron chi connectivity index (χ2n) is 4.67. The number of hydrogen-bond donors (Lipinski definition) is 1. The molecule has 0 aromatic carbocycles. The van der Waals surface area contributed by atoms with Crippen LogP contribution in [-0.4, -0.2) is 67.0 Å². The van der Waals surface area contributed by atoms with Gasteiger partial charge in [0.2, 0.25) is 0 Å². The highest BCUT2D eigenvalue weighted by Crippen LogP contribution is 2.18. The van der Waals surface area contributed by atoms with E-state index in [9.17, 15) is 0 Å². The fraction of sp³-hybridized carbons (Fsp3) is 0.750. The Morgan fingerprint density at radius 2 is 2.00 bits per heavy atom. The Morgan fingerprint density at radius 3 is 2.59 bits per heavy atom. The molecule has 4 nitrogen and oxygen atoms in total. The zero-order valence-electron chi connectivity index (χ0n) is 10.1. The molecule has 1 saturated heterocycles. The number of nitrogens with zero attached hydrogens (tertiary/aromatic N) is 3. The van der Waals surface area contributed by atoms with Crippen LogP contribution in [0.2, 0.25) is 0 Å². The summed E-state index contributed by atoms with van der Waals surface area (Å²) in [5, 5.41) is 8.89. The Kier molecular flexibility index (Phi) is 5.40. The lowest BCUT2D eigenvalue weighted by atomic mass is 10.0. The summed E-state index contributed by atoms with van der Waals surface area (Å²) in [4.78, 5) is 9.21. The molecule has 2 aliphatic heterocycles. The van der Waals surface area contributed by atoms with Gasteiger partial charge in [-0.1, -0.05) is 6.08 Å². The summed E-state index contributed by atoms with van der Waals surface area (Å²) < 4.78 is 1.12. The predicted molar refractivity (Wildman–Crippen MR) is 78.7 cm³/mol. The molecule has 2 aliphatic rings. The Balaban J connectivity index is 1.70. The zero-order chi connectivity index (χ0) is 12.1. The van der Waals surface area contributed by atoms with E-state index in [-0.39, 0.29) is 6.61 Å². The molecular formula is C12H20IN3O. The molecule has 5 heteroatoms. The molecule has 1 unspecified atom stereocenters. The average Bonchev–Trinajstić information content (AvgIpc) is 2.35. The van der Waals surface area contributed by atoms with Gasteiger partial charge < -0.3 is 10.0 Å². The molecule has 0 spiro atoms. The highest BCUT2D eigenvalue weighted by Gasteiger charge is 2.19. The third-order valence-electron chi connectivity index (χ3n) is 3.37. The summed E-state index contributed by atoms with van der Waals surface area (Å²) in [5.41, 5.74) is 0. The minimum Gasteiger partial charge on any atom is -0.395 e. The SMILES string of the molecule is OCCN1CCN(CC2C=NC(I)=CC2)CC1. The molecule has 2 heterocycles. The number of hydrogen-bond acceptors (Lipinski definition) is 4. The molecular weight excluding hydrogens is 329 g/mol. The van der Waals surface area contributed by atoms with E-state index >= 15 is 0 Å². The van der Waals surface area contributed by atoms with Crippen LogP contribution in [-0.2, 0) is 0 Å². The normalized spacial score (nSPS) is 27.2. The van der Waals surface area contributed by atoms with Crippen LogP contribution in [0, 0.1) is 5.92 Å². The largest absolute Gasteiger partial charge is 0.395 e. The second kappa shape index (κ2) is 6.82. The van der Waals surface area contributed by atoms with Crippen molar-refractivity contribution in [3.63, 3.8) is 0 Å². The van der Waals surface area contributed by atoms with Gasteiger partial charge in [-0.25, -0.2) is 0 Å². The first kappa shape index (κ1) is 13.5. The molecule has 96 valence electrons. The number of piperazine rings is 1. The van der Waals surface area contributed by atoms with E-state index in [1.54, 1.807) is 0 Å². The fourth-order valence-electron chi connectivity index (χ4n) is 2.33. The molecule has 0 aromatic rings. The van der Waals surface area contributed by atoms with Gasteiger partial charge in [0.1, 0.15) is 0 Å². The minimum absolute atomic E-state index is 0.276. The number of aliphatic imine (C=N–C) groups is 1. The van der Waals surface area contributed by atoms with E-state index in [4.69, 9.17) is 5.11 Å². The summed E-state index contributed by atoms with van der Waals surface area (Å²) in [6.45, 7) is 6.61. The van der Waals surface area contributed by atoms with Gasteiger partial charge >= 0.3 is 0 Å². The molecule has 0 amide bonds. The van der Waals surface area contributed by atoms with E-state index in [0.29, 0.717) is 5.92 Å². The Hall–Kier alpha value is 0.0200. The lowest BCUT2D eigenvalue weighted by Gasteiger charge is -2.35. The highest BCUT2D eigenvalue weighted by atomic mass is 127. The molecule has 1 fully saturated rings. The first-order valence-electron chi connectivity index (χ1n) is 6.23. The number of rotatable bonds is 4. The lowest BCUT2D eigenvalue weighted by Crippen LogP contribution is -2.48. The van der Waals surface area contributed by atoms with Crippen molar-refractivity contribution >= 4 is 28.8 Å². The van der Waals surface area contributed by atoms with Crippen molar-refractivity contribution < 1.29 is 5.11 Å². The Morgan fingerprint density at radius 1 is 1.29 bits per heavy atom. The smallest absolute Gasteiger partial charge is 0.0965 e. The topological polar surface area (TPSA) is 39.1 Å². The summed E-state index contributed by atoms with van der Waals surface area (Å²) in [5.74, 6) is 0.581. The molecule has 0 radical (unpaired) electrons. The third kappa shape index (κ3) is 4.31. The maximum absolute atomic E-state index is 8.89. The van der Waals surface area contributed by atoms with Crippen molar-refractivity contribution in [3.05, 3.63) is 9.78 Å². The molecule has 0 aliphatic carbocycles. The standard InChI is InChI=1S/C12H20IN3O/c13-12-2-1-11(9-14-12)10-16-5-3-15(4-6-16)7-8-17/h2,9,11,17H,1,3-8,10H2. The van der Waals surface area contributed by atoms with Crippen LogP contribution in [0.3, 0.4) is 0 Å². The van der Waals surface area contributed by atoms with Gasteiger partial charge in [-0.3, -0.25) is 9.89 Å². The summed E-state index contributed by atoms with van der Waals surface area (Å²) >= 11 is 2.27. The maximum atomic E-state index is 8.89. The van der Waals surface area contributed by atoms with Crippen LogP contribution in [0.15, 0.2) is 14.8 Å². The van der Waals surface area contributed by atoms with Crippen molar-refractivity contribution in [1.29, 1.82) is 0 Å². The van der Waals surface area contributed by atoms with Crippen LogP contribution in [0.4, 0.5) is 0 Å². The van der Waals surface area contributed by atoms with Crippen molar-refractivity contribution in [1.82, 2.24) is 9.80 Å². The van der Waals surface area contributed by atoms with Gasteiger partial charge in [-0.15, -0.1) is 0 Å². The summed E-state index contributed by atoms with van der Waals surface area (Å²) in [7, 11) is 0. The van der Waals surface area contributed by atoms with E-state index in [1.807, 2.05) is 0 Å². The van der Waals surface area contributed by atoms with Crippen molar-refractivity contribution in [2.75, 3.05) is 45.9 Å². The van der Waals surface area contributed by atoms with Crippen molar-refractivity contribution in [2.24, 2.45) is 10.9 Å². The molecule has 2 rings (SSSR count). The fourth-order valence-corrected chi connectivity index (χ4v) is 2.74. The summed E-state index contributed by atoms with van der Waals surface area (Å²) in [6, 6.07) is 0. The maximum Gasteiger partial charge on any atom is 0.0965 e. The van der Waals surface area contributed by atoms with Gasteiger partial charge in [0.25, 0.3) is 0 Å². The molecule has 0 bridgehead atoms. The predicted octanol–water partition coefficient (Wildman–Crippen LogP) is 0.963. The van der Waals surface area contributed by atoms with Gasteiger partial charge in [0.15, 0.2) is 0 Å². The summed E-state index contributed by atoms with van der Waals surface area (Å²) in [6.07, 6.45) is 5.44. The van der Waals surface area contributed by atoms with Gasteiger partial charge in [-0.2, -0.15) is 0 Å². The van der Waals surface area contributed by atoms with Gasteiger partial charge in [0.05, 0.1) is 10.3 Å². The van der Waals surface area contributed by atoms with Crippen LogP contribution in [0.25, 0.3) is 0 Å². The van der Waals surface area contributed by atoms with E-state index < -0.39 is 0 Å². The van der Waals surface area contributed by atoms with Crippen molar-refractivity contribution in [3.8, 4) is 0 Å².